The fraction of sp³-hybridized carbons (Fsp3) is 0.500. The van der Waals surface area contributed by atoms with Crippen LogP contribution in [0.25, 0.3) is 10.8 Å². The zero-order chi connectivity index (χ0) is 21.3. The van der Waals surface area contributed by atoms with Crippen LogP contribution >= 0.6 is 12.2 Å². The SMILES string of the molecule is CCCCC(NCCNC(=S)Cc1cccc2ccccc12)C(=O)OC(C)(C)C. The van der Waals surface area contributed by atoms with Crippen molar-refractivity contribution >= 4 is 33.9 Å². The molecule has 0 spiro atoms. The lowest BCUT2D eigenvalue weighted by Crippen LogP contribution is -2.44. The van der Waals surface area contributed by atoms with Crippen LogP contribution < -0.4 is 10.6 Å². The van der Waals surface area contributed by atoms with E-state index in [2.05, 4.69) is 54.0 Å². The summed E-state index contributed by atoms with van der Waals surface area (Å²) >= 11 is 5.54. The van der Waals surface area contributed by atoms with Crippen LogP contribution in [-0.4, -0.2) is 35.7 Å². The van der Waals surface area contributed by atoms with Gasteiger partial charge >= 0.3 is 5.97 Å². The summed E-state index contributed by atoms with van der Waals surface area (Å²) in [5.41, 5.74) is 0.754. The molecule has 0 aliphatic heterocycles. The largest absolute Gasteiger partial charge is 0.459 e. The van der Waals surface area contributed by atoms with Crippen LogP contribution in [0.5, 0.6) is 0 Å². The lowest BCUT2D eigenvalue weighted by atomic mass is 10.0. The van der Waals surface area contributed by atoms with E-state index in [1.807, 2.05) is 26.8 Å². The Kier molecular flexibility index (Phi) is 9.05. The highest BCUT2D eigenvalue weighted by molar-refractivity contribution is 7.80. The predicted octanol–water partition coefficient (Wildman–Crippen LogP) is 4.79. The van der Waals surface area contributed by atoms with Crippen LogP contribution in [0.1, 0.15) is 52.5 Å². The summed E-state index contributed by atoms with van der Waals surface area (Å²) in [5, 5.41) is 9.11. The van der Waals surface area contributed by atoms with Gasteiger partial charge in [0.25, 0.3) is 0 Å². The van der Waals surface area contributed by atoms with Gasteiger partial charge in [-0.2, -0.15) is 0 Å². The van der Waals surface area contributed by atoms with Crippen molar-refractivity contribution in [2.45, 2.75) is 65.0 Å². The van der Waals surface area contributed by atoms with E-state index in [9.17, 15) is 4.79 Å². The maximum atomic E-state index is 12.4. The van der Waals surface area contributed by atoms with E-state index in [4.69, 9.17) is 17.0 Å². The molecular weight excluding hydrogens is 380 g/mol. The smallest absolute Gasteiger partial charge is 0.323 e. The Morgan fingerprint density at radius 1 is 1.10 bits per heavy atom. The van der Waals surface area contributed by atoms with Crippen LogP contribution in [0, 0.1) is 0 Å². The van der Waals surface area contributed by atoms with Crippen molar-refractivity contribution in [2.24, 2.45) is 0 Å². The molecule has 2 N–H and O–H groups in total. The van der Waals surface area contributed by atoms with Crippen LogP contribution in [0.3, 0.4) is 0 Å². The maximum absolute atomic E-state index is 12.4. The topological polar surface area (TPSA) is 50.4 Å². The average molecular weight is 415 g/mol. The number of hydrogen-bond donors (Lipinski definition) is 2. The highest BCUT2D eigenvalue weighted by Gasteiger charge is 2.24. The minimum Gasteiger partial charge on any atom is -0.459 e. The summed E-state index contributed by atoms with van der Waals surface area (Å²) in [4.78, 5) is 13.2. The highest BCUT2D eigenvalue weighted by Crippen LogP contribution is 2.19. The molecule has 0 aliphatic carbocycles. The minimum atomic E-state index is -0.471. The van der Waals surface area contributed by atoms with Gasteiger partial charge in [-0.1, -0.05) is 74.4 Å². The van der Waals surface area contributed by atoms with Gasteiger partial charge in [0.15, 0.2) is 0 Å². The van der Waals surface area contributed by atoms with Crippen molar-refractivity contribution < 1.29 is 9.53 Å². The Hall–Kier alpha value is -1.98. The number of fused-ring (bicyclic) bond motifs is 1. The Bertz CT molecular complexity index is 809. The van der Waals surface area contributed by atoms with Crippen molar-refractivity contribution in [1.29, 1.82) is 0 Å². The second-order valence-corrected chi connectivity index (χ2v) is 8.84. The molecule has 4 nitrogen and oxygen atoms in total. The molecule has 0 saturated heterocycles. The minimum absolute atomic E-state index is 0.177. The average Bonchev–Trinajstić information content (AvgIpc) is 2.66. The molecule has 0 fully saturated rings. The van der Waals surface area contributed by atoms with Gasteiger partial charge in [0.2, 0.25) is 0 Å². The van der Waals surface area contributed by atoms with E-state index in [0.717, 1.165) is 24.3 Å². The molecular formula is C24H34N2O2S. The van der Waals surface area contributed by atoms with Gasteiger partial charge in [-0.15, -0.1) is 0 Å². The third-order valence-corrected chi connectivity index (χ3v) is 4.90. The first-order chi connectivity index (χ1) is 13.8. The molecule has 0 amide bonds. The Morgan fingerprint density at radius 2 is 1.83 bits per heavy atom. The molecule has 2 aromatic rings. The summed E-state index contributed by atoms with van der Waals surface area (Å²) in [6.45, 7) is 9.15. The zero-order valence-corrected chi connectivity index (χ0v) is 18.9. The first-order valence-electron chi connectivity index (χ1n) is 10.5. The third kappa shape index (κ3) is 8.11. The molecule has 2 aromatic carbocycles. The van der Waals surface area contributed by atoms with Gasteiger partial charge in [-0.05, 0) is 43.5 Å². The fourth-order valence-corrected chi connectivity index (χ4v) is 3.47. The number of hydrogen-bond acceptors (Lipinski definition) is 4. The second-order valence-electron chi connectivity index (χ2n) is 8.35. The van der Waals surface area contributed by atoms with Gasteiger partial charge in [-0.25, -0.2) is 0 Å². The Morgan fingerprint density at radius 3 is 2.55 bits per heavy atom. The van der Waals surface area contributed by atoms with Gasteiger partial charge in [0, 0.05) is 19.5 Å². The lowest BCUT2D eigenvalue weighted by Gasteiger charge is -2.24. The number of carbonyl (C=O) groups excluding carboxylic acids is 1. The number of rotatable bonds is 10. The lowest BCUT2D eigenvalue weighted by molar-refractivity contribution is -0.157. The molecule has 0 aliphatic rings. The molecule has 0 saturated carbocycles. The summed E-state index contributed by atoms with van der Waals surface area (Å²) in [6.07, 6.45) is 3.53. The normalized spacial score (nSPS) is 12.6. The van der Waals surface area contributed by atoms with Crippen LogP contribution in [0.2, 0.25) is 0 Å². The van der Waals surface area contributed by atoms with E-state index in [-0.39, 0.29) is 12.0 Å². The molecule has 29 heavy (non-hydrogen) atoms. The van der Waals surface area contributed by atoms with Crippen LogP contribution in [0.15, 0.2) is 42.5 Å². The summed E-state index contributed by atoms with van der Waals surface area (Å²) < 4.78 is 5.55. The third-order valence-electron chi connectivity index (χ3n) is 4.61. The van der Waals surface area contributed by atoms with E-state index >= 15 is 0 Å². The van der Waals surface area contributed by atoms with Crippen molar-refractivity contribution in [1.82, 2.24) is 10.6 Å². The van der Waals surface area contributed by atoms with Crippen LogP contribution in [-0.2, 0) is 16.0 Å². The number of thiocarbonyl (C=S) groups is 1. The van der Waals surface area contributed by atoms with E-state index in [1.54, 1.807) is 0 Å². The summed E-state index contributed by atoms with van der Waals surface area (Å²) in [6, 6.07) is 14.4. The molecule has 0 aromatic heterocycles. The van der Waals surface area contributed by atoms with Gasteiger partial charge in [-0.3, -0.25) is 4.79 Å². The van der Waals surface area contributed by atoms with Crippen molar-refractivity contribution in [2.75, 3.05) is 13.1 Å². The molecule has 0 radical (unpaired) electrons. The summed E-state index contributed by atoms with van der Waals surface area (Å²) in [7, 11) is 0. The standard InChI is InChI=1S/C24H34N2O2S/c1-5-6-14-21(23(27)28-24(2,3)4)25-15-16-26-22(29)17-19-12-9-11-18-10-7-8-13-20(18)19/h7-13,21,25H,5-6,14-17H2,1-4H3,(H,26,29). The molecule has 0 bridgehead atoms. The molecule has 2 rings (SSSR count). The number of carbonyl (C=O) groups is 1. The van der Waals surface area contributed by atoms with E-state index < -0.39 is 5.60 Å². The van der Waals surface area contributed by atoms with E-state index in [1.165, 1.54) is 16.3 Å². The number of nitrogens with one attached hydrogen (secondary N) is 2. The second kappa shape index (κ2) is 11.3. The predicted molar refractivity (Wildman–Crippen MR) is 125 cm³/mol. The van der Waals surface area contributed by atoms with E-state index in [0.29, 0.717) is 19.5 Å². The van der Waals surface area contributed by atoms with Crippen molar-refractivity contribution in [3.8, 4) is 0 Å². The highest BCUT2D eigenvalue weighted by atomic mass is 32.1. The van der Waals surface area contributed by atoms with Crippen molar-refractivity contribution in [3.05, 3.63) is 48.0 Å². The quantitative estimate of drug-likeness (QED) is 0.333. The first-order valence-corrected chi connectivity index (χ1v) is 10.9. The molecule has 0 heterocycles. The fourth-order valence-electron chi connectivity index (χ4n) is 3.21. The molecule has 158 valence electrons. The van der Waals surface area contributed by atoms with Crippen LogP contribution in [0.4, 0.5) is 0 Å². The van der Waals surface area contributed by atoms with Crippen molar-refractivity contribution in [3.63, 3.8) is 0 Å². The maximum Gasteiger partial charge on any atom is 0.323 e. The van der Waals surface area contributed by atoms with Gasteiger partial charge in [0.05, 0.1) is 4.99 Å². The number of esters is 1. The Balaban J connectivity index is 1.82. The van der Waals surface area contributed by atoms with Gasteiger partial charge < -0.3 is 15.4 Å². The number of ether oxygens (including phenoxy) is 1. The molecule has 1 atom stereocenters. The molecule has 5 heteroatoms. The molecule has 1 unspecified atom stereocenters. The van der Waals surface area contributed by atoms with Gasteiger partial charge in [0.1, 0.15) is 11.6 Å². The number of unbranched alkanes of at least 4 members (excludes halogenated alkanes) is 1. The number of benzene rings is 2. The first kappa shape index (κ1) is 23.3. The zero-order valence-electron chi connectivity index (χ0n) is 18.1. The monoisotopic (exact) mass is 414 g/mol. The Labute approximate surface area is 180 Å². The summed E-state index contributed by atoms with van der Waals surface area (Å²) in [5.74, 6) is -0.177.